The van der Waals surface area contributed by atoms with E-state index < -0.39 is 0 Å². The first-order valence-electron chi connectivity index (χ1n) is 11.1. The van der Waals surface area contributed by atoms with Crippen LogP contribution in [0.2, 0.25) is 0 Å². The van der Waals surface area contributed by atoms with Crippen LogP contribution in [0.1, 0.15) is 35.4 Å². The predicted molar refractivity (Wildman–Crippen MR) is 124 cm³/mol. The van der Waals surface area contributed by atoms with Crippen molar-refractivity contribution < 1.29 is 4.79 Å². The number of nitrogens with two attached hydrogens (primary N) is 1. The number of hydrogen-bond donors (Lipinski definition) is 2. The fourth-order valence-electron chi connectivity index (χ4n) is 4.30. The Morgan fingerprint density at radius 1 is 1.19 bits per heavy atom. The molecule has 0 unspecified atom stereocenters. The summed E-state index contributed by atoms with van der Waals surface area (Å²) in [4.78, 5) is 28.3. The number of benzene rings is 1. The number of unbranched alkanes of at least 4 members (excludes halogenated alkanes) is 1. The zero-order valence-corrected chi connectivity index (χ0v) is 18.5. The van der Waals surface area contributed by atoms with Crippen molar-refractivity contribution in [1.29, 1.82) is 5.26 Å². The molecule has 3 N–H and O–H groups in total. The number of primary amides is 1. The highest BCUT2D eigenvalue weighted by Gasteiger charge is 2.19. The highest BCUT2D eigenvalue weighted by molar-refractivity contribution is 5.84. The average molecular weight is 432 g/mol. The Bertz CT molecular complexity index is 1140. The monoisotopic (exact) mass is 431 g/mol. The standard InChI is InChI=1S/C24H29N7O/c1-17-12-20(14-23(26)32)29-24(28-17)31-10-8-30(9-11-31)7-3-2-4-19-16-27-22-6-5-18(15-25)13-21(19)22/h5-6,12-13,16,27H,2-4,7-11,14H2,1H3,(H2,26,32). The Hall–Kier alpha value is -3.44. The average Bonchev–Trinajstić information content (AvgIpc) is 3.18. The van der Waals surface area contributed by atoms with Gasteiger partial charge in [-0.25, -0.2) is 9.97 Å². The van der Waals surface area contributed by atoms with Crippen molar-refractivity contribution in [3.63, 3.8) is 0 Å². The van der Waals surface area contributed by atoms with Crippen LogP contribution in [0.4, 0.5) is 5.95 Å². The first-order valence-corrected chi connectivity index (χ1v) is 11.1. The summed E-state index contributed by atoms with van der Waals surface area (Å²) >= 11 is 0. The molecule has 1 aliphatic rings. The fraction of sp³-hybridized carbons (Fsp3) is 0.417. The van der Waals surface area contributed by atoms with Crippen LogP contribution in [-0.4, -0.2) is 58.5 Å². The van der Waals surface area contributed by atoms with Gasteiger partial charge >= 0.3 is 0 Å². The lowest BCUT2D eigenvalue weighted by Crippen LogP contribution is -2.47. The van der Waals surface area contributed by atoms with E-state index in [1.807, 2.05) is 31.2 Å². The summed E-state index contributed by atoms with van der Waals surface area (Å²) in [7, 11) is 0. The fourth-order valence-corrected chi connectivity index (χ4v) is 4.30. The topological polar surface area (TPSA) is 115 Å². The van der Waals surface area contributed by atoms with Crippen LogP contribution in [0, 0.1) is 18.3 Å². The third-order valence-corrected chi connectivity index (χ3v) is 5.97. The Balaban J connectivity index is 1.24. The molecule has 1 saturated heterocycles. The van der Waals surface area contributed by atoms with Crippen LogP contribution >= 0.6 is 0 Å². The van der Waals surface area contributed by atoms with Crippen LogP contribution in [0.15, 0.2) is 30.5 Å². The Kier molecular flexibility index (Phi) is 6.66. The van der Waals surface area contributed by atoms with Crippen LogP contribution in [0.5, 0.6) is 0 Å². The van der Waals surface area contributed by atoms with Gasteiger partial charge in [0.15, 0.2) is 0 Å². The predicted octanol–water partition coefficient (Wildman–Crippen LogP) is 2.31. The summed E-state index contributed by atoms with van der Waals surface area (Å²) in [5.41, 5.74) is 9.93. The van der Waals surface area contributed by atoms with Gasteiger partial charge in [0.05, 0.1) is 23.7 Å². The minimum atomic E-state index is -0.378. The lowest BCUT2D eigenvalue weighted by Gasteiger charge is -2.35. The highest BCUT2D eigenvalue weighted by Crippen LogP contribution is 2.21. The number of amides is 1. The highest BCUT2D eigenvalue weighted by atomic mass is 16.1. The largest absolute Gasteiger partial charge is 0.369 e. The van der Waals surface area contributed by atoms with E-state index in [-0.39, 0.29) is 12.3 Å². The first-order chi connectivity index (χ1) is 15.5. The second-order valence-corrected chi connectivity index (χ2v) is 8.42. The van der Waals surface area contributed by atoms with Gasteiger partial charge in [0.25, 0.3) is 0 Å². The summed E-state index contributed by atoms with van der Waals surface area (Å²) < 4.78 is 0. The number of hydrogen-bond acceptors (Lipinski definition) is 6. The van der Waals surface area contributed by atoms with Gasteiger partial charge in [0.1, 0.15) is 0 Å². The maximum absolute atomic E-state index is 11.2. The molecule has 8 nitrogen and oxygen atoms in total. The van der Waals surface area contributed by atoms with E-state index in [0.29, 0.717) is 17.2 Å². The molecule has 166 valence electrons. The summed E-state index contributed by atoms with van der Waals surface area (Å²) in [6.07, 6.45) is 5.47. The number of anilines is 1. The number of carbonyl (C=O) groups excluding carboxylic acids is 1. The van der Waals surface area contributed by atoms with Gasteiger partial charge in [0.2, 0.25) is 11.9 Å². The second-order valence-electron chi connectivity index (χ2n) is 8.42. The lowest BCUT2D eigenvalue weighted by molar-refractivity contribution is -0.117. The molecule has 0 bridgehead atoms. The zero-order chi connectivity index (χ0) is 22.5. The van der Waals surface area contributed by atoms with Crippen LogP contribution in [0.3, 0.4) is 0 Å². The summed E-state index contributed by atoms with van der Waals surface area (Å²) in [6.45, 7) is 6.68. The van der Waals surface area contributed by atoms with Gasteiger partial charge in [-0.3, -0.25) is 9.69 Å². The summed E-state index contributed by atoms with van der Waals surface area (Å²) in [6, 6.07) is 9.84. The van der Waals surface area contributed by atoms with Crippen molar-refractivity contribution >= 4 is 22.8 Å². The molecule has 2 aromatic heterocycles. The molecule has 3 heterocycles. The van der Waals surface area contributed by atoms with Gasteiger partial charge < -0.3 is 15.6 Å². The molecule has 1 aromatic carbocycles. The number of fused-ring (bicyclic) bond motifs is 1. The number of aromatic nitrogens is 3. The molecule has 1 amide bonds. The van der Waals surface area contributed by atoms with Gasteiger partial charge in [-0.1, -0.05) is 0 Å². The third-order valence-electron chi connectivity index (χ3n) is 5.97. The van der Waals surface area contributed by atoms with Gasteiger partial charge in [0, 0.05) is 49.0 Å². The number of aryl methyl sites for hydroxylation is 2. The Morgan fingerprint density at radius 2 is 2.00 bits per heavy atom. The van der Waals surface area contributed by atoms with Crippen LogP contribution < -0.4 is 10.6 Å². The minimum Gasteiger partial charge on any atom is -0.369 e. The second kappa shape index (κ2) is 9.79. The molecular weight excluding hydrogens is 402 g/mol. The number of nitrogens with zero attached hydrogens (tertiary/aromatic N) is 5. The molecule has 32 heavy (non-hydrogen) atoms. The number of carbonyl (C=O) groups is 1. The Morgan fingerprint density at radius 3 is 2.75 bits per heavy atom. The van der Waals surface area contributed by atoms with Crippen molar-refractivity contribution in [1.82, 2.24) is 19.9 Å². The maximum atomic E-state index is 11.2. The molecule has 8 heteroatoms. The molecular formula is C24H29N7O. The smallest absolute Gasteiger partial charge is 0.225 e. The SMILES string of the molecule is Cc1cc(CC(N)=O)nc(N2CCN(CCCCc3c[nH]c4ccc(C#N)cc34)CC2)n1. The number of rotatable bonds is 8. The quantitative estimate of drug-likeness (QED) is 0.529. The number of aromatic amines is 1. The number of piperazine rings is 1. The number of nitrogens with one attached hydrogen (secondary N) is 1. The molecule has 0 radical (unpaired) electrons. The van der Waals surface area contributed by atoms with Crippen LogP contribution in [-0.2, 0) is 17.6 Å². The molecule has 3 aromatic rings. The van der Waals surface area contributed by atoms with E-state index in [9.17, 15) is 4.79 Å². The van der Waals surface area contributed by atoms with E-state index in [1.165, 1.54) is 5.56 Å². The molecule has 1 aliphatic heterocycles. The van der Waals surface area contributed by atoms with Crippen molar-refractivity contribution in [3.05, 3.63) is 53.0 Å². The summed E-state index contributed by atoms with van der Waals surface area (Å²) in [5.74, 6) is 0.314. The first kappa shape index (κ1) is 21.8. The molecule has 0 atom stereocenters. The molecule has 0 saturated carbocycles. The normalized spacial score (nSPS) is 14.6. The van der Waals surface area contributed by atoms with E-state index >= 15 is 0 Å². The molecule has 0 aliphatic carbocycles. The van der Waals surface area contributed by atoms with E-state index in [0.717, 1.165) is 68.6 Å². The van der Waals surface area contributed by atoms with Crippen LogP contribution in [0.25, 0.3) is 10.9 Å². The lowest BCUT2D eigenvalue weighted by atomic mass is 10.1. The summed E-state index contributed by atoms with van der Waals surface area (Å²) in [5, 5.41) is 10.3. The molecule has 1 fully saturated rings. The number of H-pyrrole nitrogens is 1. The zero-order valence-electron chi connectivity index (χ0n) is 18.5. The van der Waals surface area contributed by atoms with Crippen molar-refractivity contribution in [2.45, 2.75) is 32.6 Å². The number of nitriles is 1. The van der Waals surface area contributed by atoms with Crippen molar-refractivity contribution in [2.75, 3.05) is 37.6 Å². The van der Waals surface area contributed by atoms with Gasteiger partial charge in [-0.05, 0) is 62.6 Å². The van der Waals surface area contributed by atoms with Crippen molar-refractivity contribution in [3.8, 4) is 6.07 Å². The van der Waals surface area contributed by atoms with E-state index in [2.05, 4.69) is 37.0 Å². The van der Waals surface area contributed by atoms with Gasteiger partial charge in [-0.2, -0.15) is 5.26 Å². The van der Waals surface area contributed by atoms with Gasteiger partial charge in [-0.15, -0.1) is 0 Å². The van der Waals surface area contributed by atoms with E-state index in [1.54, 1.807) is 0 Å². The molecule has 4 rings (SSSR count). The van der Waals surface area contributed by atoms with E-state index in [4.69, 9.17) is 11.0 Å². The minimum absolute atomic E-state index is 0.143. The Labute approximate surface area is 188 Å². The molecule has 0 spiro atoms. The third kappa shape index (κ3) is 5.24. The van der Waals surface area contributed by atoms with Crippen molar-refractivity contribution in [2.24, 2.45) is 5.73 Å². The maximum Gasteiger partial charge on any atom is 0.225 e.